The molecule has 1 aromatic carbocycles. The summed E-state index contributed by atoms with van der Waals surface area (Å²) in [6.45, 7) is 0. The number of sulfone groups is 1. The largest absolute Gasteiger partial charge is 0.505 e. The molecule has 0 aliphatic heterocycles. The number of phenols is 1. The number of halogens is 1. The van der Waals surface area contributed by atoms with E-state index in [0.29, 0.717) is 12.8 Å². The summed E-state index contributed by atoms with van der Waals surface area (Å²) in [4.78, 5) is -0.0486. The lowest BCUT2D eigenvalue weighted by Gasteiger charge is -2.05. The zero-order chi connectivity index (χ0) is 10.3. The van der Waals surface area contributed by atoms with E-state index in [0.717, 1.165) is 0 Å². The molecule has 0 spiro atoms. The van der Waals surface area contributed by atoms with E-state index in [1.807, 2.05) is 0 Å². The quantitative estimate of drug-likeness (QED) is 0.849. The lowest BCUT2D eigenvalue weighted by atomic mass is 10.3. The number of aromatic hydroxyl groups is 1. The topological polar surface area (TPSA) is 54.4 Å². The first-order valence-electron chi connectivity index (χ1n) is 4.25. The van der Waals surface area contributed by atoms with Crippen molar-refractivity contribution in [3.8, 4) is 5.75 Å². The second-order valence-corrected chi connectivity index (χ2v) is 5.93. The van der Waals surface area contributed by atoms with Crippen LogP contribution in [-0.2, 0) is 9.84 Å². The molecule has 0 bridgehead atoms. The first kappa shape index (κ1) is 9.80. The minimum atomic E-state index is -3.35. The maximum atomic E-state index is 11.7. The van der Waals surface area contributed by atoms with Gasteiger partial charge in [0.1, 0.15) is 4.90 Å². The van der Waals surface area contributed by atoms with Gasteiger partial charge in [-0.05, 0) is 25.0 Å². The third kappa shape index (κ3) is 1.48. The molecule has 1 aliphatic rings. The molecule has 1 fully saturated rings. The van der Waals surface area contributed by atoms with Crippen molar-refractivity contribution >= 4 is 21.4 Å². The summed E-state index contributed by atoms with van der Waals surface area (Å²) in [7, 11) is -3.35. The van der Waals surface area contributed by atoms with Crippen LogP contribution in [0.25, 0.3) is 0 Å². The fraction of sp³-hybridized carbons (Fsp3) is 0.333. The Labute approximate surface area is 87.2 Å². The van der Waals surface area contributed by atoms with Crippen LogP contribution in [0, 0.1) is 0 Å². The van der Waals surface area contributed by atoms with Crippen LogP contribution in [0.4, 0.5) is 0 Å². The molecule has 0 heterocycles. The van der Waals surface area contributed by atoms with Crippen LogP contribution < -0.4 is 0 Å². The maximum Gasteiger partial charge on any atom is 0.184 e. The van der Waals surface area contributed by atoms with Gasteiger partial charge in [-0.2, -0.15) is 0 Å². The summed E-state index contributed by atoms with van der Waals surface area (Å²) in [5.74, 6) is -0.332. The van der Waals surface area contributed by atoms with Gasteiger partial charge in [0.25, 0.3) is 0 Å². The smallest absolute Gasteiger partial charge is 0.184 e. The fourth-order valence-corrected chi connectivity index (χ4v) is 3.28. The Balaban J connectivity index is 2.56. The molecule has 5 heteroatoms. The molecular formula is C9H9ClO3S. The summed E-state index contributed by atoms with van der Waals surface area (Å²) in [6, 6.07) is 4.37. The van der Waals surface area contributed by atoms with E-state index < -0.39 is 9.84 Å². The zero-order valence-electron chi connectivity index (χ0n) is 7.27. The average molecular weight is 233 g/mol. The summed E-state index contributed by atoms with van der Waals surface area (Å²) < 4.78 is 23.5. The predicted octanol–water partition coefficient (Wildman–Crippen LogP) is 1.98. The Kier molecular flexibility index (Phi) is 2.20. The van der Waals surface area contributed by atoms with Crippen LogP contribution in [-0.4, -0.2) is 18.8 Å². The van der Waals surface area contributed by atoms with E-state index in [2.05, 4.69) is 0 Å². The molecule has 1 N–H and O–H groups in total. The molecule has 2 rings (SSSR count). The standard InChI is InChI=1S/C9H9ClO3S/c10-7-2-1-3-8(9(7)11)14(12,13)6-4-5-6/h1-3,6,11H,4-5H2. The van der Waals surface area contributed by atoms with Crippen LogP contribution in [0.1, 0.15) is 12.8 Å². The molecule has 0 amide bonds. The Morgan fingerprint density at radius 1 is 1.36 bits per heavy atom. The van der Waals surface area contributed by atoms with E-state index in [-0.39, 0.29) is 20.9 Å². The molecule has 0 radical (unpaired) electrons. The van der Waals surface area contributed by atoms with Crippen molar-refractivity contribution in [3.63, 3.8) is 0 Å². The van der Waals surface area contributed by atoms with Gasteiger partial charge < -0.3 is 5.11 Å². The van der Waals surface area contributed by atoms with Gasteiger partial charge in [0.15, 0.2) is 15.6 Å². The van der Waals surface area contributed by atoms with Gasteiger partial charge in [-0.15, -0.1) is 0 Å². The first-order valence-corrected chi connectivity index (χ1v) is 6.17. The summed E-state index contributed by atoms with van der Waals surface area (Å²) >= 11 is 5.63. The van der Waals surface area contributed by atoms with Crippen molar-refractivity contribution in [2.75, 3.05) is 0 Å². The Hall–Kier alpha value is -0.740. The number of phenolic OH excluding ortho intramolecular Hbond substituents is 1. The summed E-state index contributed by atoms with van der Waals surface area (Å²) in [5, 5.41) is 9.25. The summed E-state index contributed by atoms with van der Waals surface area (Å²) in [5.41, 5.74) is 0. The van der Waals surface area contributed by atoms with Crippen LogP contribution in [0.15, 0.2) is 23.1 Å². The van der Waals surface area contributed by atoms with E-state index in [9.17, 15) is 13.5 Å². The average Bonchev–Trinajstić information content (AvgIpc) is 2.92. The summed E-state index contributed by atoms with van der Waals surface area (Å²) in [6.07, 6.45) is 1.35. The molecular weight excluding hydrogens is 224 g/mol. The van der Waals surface area contributed by atoms with Gasteiger partial charge in [0.2, 0.25) is 0 Å². The molecule has 14 heavy (non-hydrogen) atoms. The zero-order valence-corrected chi connectivity index (χ0v) is 8.85. The minimum Gasteiger partial charge on any atom is -0.505 e. The van der Waals surface area contributed by atoms with Crippen molar-refractivity contribution in [3.05, 3.63) is 23.2 Å². The Morgan fingerprint density at radius 2 is 2.00 bits per heavy atom. The third-order valence-electron chi connectivity index (χ3n) is 2.22. The first-order chi connectivity index (χ1) is 6.53. The van der Waals surface area contributed by atoms with Crippen molar-refractivity contribution in [1.29, 1.82) is 0 Å². The minimum absolute atomic E-state index is 0.0486. The van der Waals surface area contributed by atoms with Crippen LogP contribution in [0.3, 0.4) is 0 Å². The van der Waals surface area contributed by atoms with E-state index >= 15 is 0 Å². The Morgan fingerprint density at radius 3 is 2.57 bits per heavy atom. The molecule has 3 nitrogen and oxygen atoms in total. The second-order valence-electron chi connectivity index (χ2n) is 3.33. The van der Waals surface area contributed by atoms with Gasteiger partial charge in [-0.25, -0.2) is 8.42 Å². The highest BCUT2D eigenvalue weighted by Crippen LogP contribution is 2.39. The molecule has 76 valence electrons. The van der Waals surface area contributed by atoms with Crippen molar-refractivity contribution in [2.45, 2.75) is 23.0 Å². The predicted molar refractivity (Wildman–Crippen MR) is 53.3 cm³/mol. The number of hydrogen-bond donors (Lipinski definition) is 1. The molecule has 1 aliphatic carbocycles. The van der Waals surface area contributed by atoms with Crippen molar-refractivity contribution in [2.24, 2.45) is 0 Å². The van der Waals surface area contributed by atoms with Gasteiger partial charge in [0.05, 0.1) is 10.3 Å². The van der Waals surface area contributed by atoms with Gasteiger partial charge >= 0.3 is 0 Å². The normalized spacial score (nSPS) is 16.9. The van der Waals surface area contributed by atoms with E-state index in [4.69, 9.17) is 11.6 Å². The van der Waals surface area contributed by atoms with Crippen molar-refractivity contribution in [1.82, 2.24) is 0 Å². The van der Waals surface area contributed by atoms with E-state index in [1.54, 1.807) is 0 Å². The second kappa shape index (κ2) is 3.14. The highest BCUT2D eigenvalue weighted by Gasteiger charge is 2.38. The molecule has 1 aromatic rings. The number of para-hydroxylation sites is 1. The SMILES string of the molecule is O=S(=O)(c1cccc(Cl)c1O)C1CC1. The lowest BCUT2D eigenvalue weighted by Crippen LogP contribution is -2.07. The monoisotopic (exact) mass is 232 g/mol. The highest BCUT2D eigenvalue weighted by atomic mass is 35.5. The third-order valence-corrected chi connectivity index (χ3v) is 4.82. The van der Waals surface area contributed by atoms with Crippen molar-refractivity contribution < 1.29 is 13.5 Å². The molecule has 0 aromatic heterocycles. The number of rotatable bonds is 2. The fourth-order valence-electron chi connectivity index (χ4n) is 1.28. The van der Waals surface area contributed by atoms with Crippen LogP contribution in [0.5, 0.6) is 5.75 Å². The van der Waals surface area contributed by atoms with Gasteiger partial charge in [-0.1, -0.05) is 17.7 Å². The lowest BCUT2D eigenvalue weighted by molar-refractivity contribution is 0.459. The molecule has 1 saturated carbocycles. The van der Waals surface area contributed by atoms with E-state index in [1.165, 1.54) is 18.2 Å². The van der Waals surface area contributed by atoms with Crippen LogP contribution in [0.2, 0.25) is 5.02 Å². The molecule has 0 unspecified atom stereocenters. The molecule has 0 atom stereocenters. The molecule has 0 saturated heterocycles. The Bertz CT molecular complexity index is 463. The maximum absolute atomic E-state index is 11.7. The number of hydrogen-bond acceptors (Lipinski definition) is 3. The highest BCUT2D eigenvalue weighted by molar-refractivity contribution is 7.92. The number of benzene rings is 1. The van der Waals surface area contributed by atoms with Gasteiger partial charge in [0, 0.05) is 0 Å². The van der Waals surface area contributed by atoms with Gasteiger partial charge in [-0.3, -0.25) is 0 Å². The van der Waals surface area contributed by atoms with Crippen LogP contribution >= 0.6 is 11.6 Å².